The Morgan fingerprint density at radius 3 is 2.71 bits per heavy atom. The summed E-state index contributed by atoms with van der Waals surface area (Å²) in [4.78, 5) is 13.9. The Balaban J connectivity index is 1.60. The zero-order chi connectivity index (χ0) is 25.5. The van der Waals surface area contributed by atoms with Crippen LogP contribution in [0, 0.1) is 11.3 Å². The number of nitrogens with zero attached hydrogens (tertiary/aromatic N) is 4. The highest BCUT2D eigenvalue weighted by Gasteiger charge is 2.36. The van der Waals surface area contributed by atoms with Crippen LogP contribution in [-0.4, -0.2) is 66.8 Å². The van der Waals surface area contributed by atoms with Crippen molar-refractivity contribution < 1.29 is 35.8 Å². The molecule has 3 heterocycles. The molecule has 0 saturated carbocycles. The van der Waals surface area contributed by atoms with Gasteiger partial charge in [-0.2, -0.15) is 26.3 Å². The summed E-state index contributed by atoms with van der Waals surface area (Å²) in [5, 5.41) is 10.3. The number of pyridine rings is 1. The minimum Gasteiger partial charge on any atom is -0.491 e. The van der Waals surface area contributed by atoms with Gasteiger partial charge in [-0.3, -0.25) is 0 Å². The van der Waals surface area contributed by atoms with E-state index in [4.69, 9.17) is 10.1 Å². The SMILES string of the molecule is N=Cc1ncc(N2CCCC(COc3cccnc3C(F)(F)F)C2)nc1NCCOCC(F)(F)F. The Morgan fingerprint density at radius 2 is 2.00 bits per heavy atom. The monoisotopic (exact) mass is 506 g/mol. The van der Waals surface area contributed by atoms with Crippen molar-refractivity contribution in [3.05, 3.63) is 35.9 Å². The molecule has 0 aliphatic carbocycles. The van der Waals surface area contributed by atoms with Crippen molar-refractivity contribution in [2.24, 2.45) is 5.92 Å². The van der Waals surface area contributed by atoms with Gasteiger partial charge in [0.15, 0.2) is 11.5 Å². The van der Waals surface area contributed by atoms with Crippen LogP contribution in [-0.2, 0) is 10.9 Å². The molecule has 0 bridgehead atoms. The van der Waals surface area contributed by atoms with Gasteiger partial charge in [0.05, 0.1) is 19.4 Å². The van der Waals surface area contributed by atoms with Crippen LogP contribution in [0.4, 0.5) is 38.0 Å². The lowest BCUT2D eigenvalue weighted by Gasteiger charge is -2.33. The van der Waals surface area contributed by atoms with Crippen LogP contribution in [0.3, 0.4) is 0 Å². The molecule has 1 atom stereocenters. The quantitative estimate of drug-likeness (QED) is 0.284. The number of alkyl halides is 6. The first-order valence-corrected chi connectivity index (χ1v) is 10.7. The lowest BCUT2D eigenvalue weighted by Crippen LogP contribution is -2.38. The molecule has 192 valence electrons. The van der Waals surface area contributed by atoms with Gasteiger partial charge in [-0.1, -0.05) is 0 Å². The van der Waals surface area contributed by atoms with E-state index >= 15 is 0 Å². The number of nitrogens with one attached hydrogen (secondary N) is 2. The fourth-order valence-corrected chi connectivity index (χ4v) is 3.54. The normalized spacial score (nSPS) is 16.7. The largest absolute Gasteiger partial charge is 0.491 e. The maximum Gasteiger partial charge on any atom is 0.437 e. The van der Waals surface area contributed by atoms with Gasteiger partial charge in [-0.15, -0.1) is 0 Å². The van der Waals surface area contributed by atoms with Gasteiger partial charge in [0.1, 0.15) is 23.9 Å². The summed E-state index contributed by atoms with van der Waals surface area (Å²) in [5.74, 6) is 0.279. The molecule has 1 fully saturated rings. The molecule has 0 aromatic carbocycles. The molecule has 14 heteroatoms. The summed E-state index contributed by atoms with van der Waals surface area (Å²) >= 11 is 0. The van der Waals surface area contributed by atoms with E-state index in [2.05, 4.69) is 25.0 Å². The van der Waals surface area contributed by atoms with Crippen LogP contribution >= 0.6 is 0 Å². The summed E-state index contributed by atoms with van der Waals surface area (Å²) < 4.78 is 85.9. The third kappa shape index (κ3) is 7.94. The topological polar surface area (TPSA) is 96.3 Å². The zero-order valence-corrected chi connectivity index (χ0v) is 18.5. The van der Waals surface area contributed by atoms with Crippen LogP contribution in [0.5, 0.6) is 5.75 Å². The van der Waals surface area contributed by atoms with Gasteiger partial charge in [0.25, 0.3) is 0 Å². The van der Waals surface area contributed by atoms with E-state index in [0.717, 1.165) is 25.3 Å². The molecule has 0 spiro atoms. The van der Waals surface area contributed by atoms with Crippen molar-refractivity contribution in [3.63, 3.8) is 0 Å². The Morgan fingerprint density at radius 1 is 1.20 bits per heavy atom. The summed E-state index contributed by atoms with van der Waals surface area (Å²) in [7, 11) is 0. The van der Waals surface area contributed by atoms with Crippen molar-refractivity contribution in [3.8, 4) is 5.75 Å². The maximum atomic E-state index is 13.1. The first kappa shape index (κ1) is 26.4. The summed E-state index contributed by atoms with van der Waals surface area (Å²) in [6, 6.07) is 2.61. The summed E-state index contributed by atoms with van der Waals surface area (Å²) in [6.45, 7) is -0.422. The first-order chi connectivity index (χ1) is 16.6. The van der Waals surface area contributed by atoms with Gasteiger partial charge in [0, 0.05) is 38.0 Å². The smallest absolute Gasteiger partial charge is 0.437 e. The van der Waals surface area contributed by atoms with E-state index in [0.29, 0.717) is 18.9 Å². The van der Waals surface area contributed by atoms with E-state index < -0.39 is 24.7 Å². The van der Waals surface area contributed by atoms with Crippen molar-refractivity contribution in [2.75, 3.05) is 49.7 Å². The van der Waals surface area contributed by atoms with Gasteiger partial charge < -0.3 is 25.1 Å². The number of aromatic nitrogens is 3. The molecule has 0 amide bonds. The van der Waals surface area contributed by atoms with E-state index in [9.17, 15) is 26.3 Å². The first-order valence-electron chi connectivity index (χ1n) is 10.7. The molecular weight excluding hydrogens is 482 g/mol. The maximum absolute atomic E-state index is 13.1. The highest BCUT2D eigenvalue weighted by molar-refractivity contribution is 5.81. The number of hydrogen-bond acceptors (Lipinski definition) is 8. The summed E-state index contributed by atoms with van der Waals surface area (Å²) in [6.07, 6.45) is -4.06. The Bertz CT molecular complexity index is 988. The number of hydrogen-bond donors (Lipinski definition) is 2. The third-order valence-electron chi connectivity index (χ3n) is 5.09. The number of anilines is 2. The Hall–Kier alpha value is -3.16. The minimum absolute atomic E-state index is 0.0260. The second kappa shape index (κ2) is 11.5. The number of halogens is 6. The highest BCUT2D eigenvalue weighted by Crippen LogP contribution is 2.34. The fraction of sp³-hybridized carbons (Fsp3) is 0.524. The number of rotatable bonds is 10. The molecule has 8 nitrogen and oxygen atoms in total. The standard InChI is InChI=1S/C21H24F6N6O2/c22-20(23,24)13-34-8-6-30-19-15(9-28)31-10-17(32-19)33-7-2-3-14(11-33)12-35-16-4-1-5-29-18(16)21(25,26)27/h1,4-5,9-10,14,28H,2-3,6-8,11-13H2,(H,30,32). The molecule has 3 rings (SSSR count). The molecule has 2 N–H and O–H groups in total. The van der Waals surface area contributed by atoms with Gasteiger partial charge >= 0.3 is 12.4 Å². The van der Waals surface area contributed by atoms with Gasteiger partial charge in [-0.05, 0) is 25.0 Å². The van der Waals surface area contributed by atoms with Crippen molar-refractivity contribution in [1.29, 1.82) is 5.41 Å². The lowest BCUT2D eigenvalue weighted by molar-refractivity contribution is -0.172. The minimum atomic E-state index is -4.62. The fourth-order valence-electron chi connectivity index (χ4n) is 3.54. The molecule has 0 radical (unpaired) electrons. The second-order valence-corrected chi connectivity index (χ2v) is 7.81. The second-order valence-electron chi connectivity index (χ2n) is 7.81. The highest BCUT2D eigenvalue weighted by atomic mass is 19.4. The van der Waals surface area contributed by atoms with E-state index in [1.807, 2.05) is 4.90 Å². The average Bonchev–Trinajstić information content (AvgIpc) is 2.81. The van der Waals surface area contributed by atoms with Crippen molar-refractivity contribution >= 4 is 17.9 Å². The Kier molecular flexibility index (Phi) is 8.70. The van der Waals surface area contributed by atoms with Crippen LogP contribution < -0.4 is 15.0 Å². The number of ether oxygens (including phenoxy) is 2. The number of piperidine rings is 1. The Labute approximate surface area is 197 Å². The predicted octanol–water partition coefficient (Wildman–Crippen LogP) is 4.17. The molecule has 2 aromatic heterocycles. The van der Waals surface area contributed by atoms with Crippen molar-refractivity contribution in [2.45, 2.75) is 25.2 Å². The predicted molar refractivity (Wildman–Crippen MR) is 115 cm³/mol. The molecule has 35 heavy (non-hydrogen) atoms. The third-order valence-corrected chi connectivity index (χ3v) is 5.09. The van der Waals surface area contributed by atoms with Crippen LogP contribution in [0.25, 0.3) is 0 Å². The molecule has 2 aromatic rings. The zero-order valence-electron chi connectivity index (χ0n) is 18.5. The molecular formula is C21H24F6N6O2. The van der Waals surface area contributed by atoms with Crippen molar-refractivity contribution in [1.82, 2.24) is 15.0 Å². The van der Waals surface area contributed by atoms with E-state index in [1.165, 1.54) is 18.3 Å². The molecule has 1 aliphatic heterocycles. The van der Waals surface area contributed by atoms with Gasteiger partial charge in [-0.25, -0.2) is 15.0 Å². The van der Waals surface area contributed by atoms with E-state index in [1.54, 1.807) is 0 Å². The van der Waals surface area contributed by atoms with E-state index in [-0.39, 0.29) is 42.9 Å². The van der Waals surface area contributed by atoms with Gasteiger partial charge in [0.2, 0.25) is 0 Å². The summed E-state index contributed by atoms with van der Waals surface area (Å²) in [5.41, 5.74) is -0.867. The molecule has 1 aliphatic rings. The lowest BCUT2D eigenvalue weighted by atomic mass is 9.99. The molecule has 1 saturated heterocycles. The van der Waals surface area contributed by atoms with Crippen LogP contribution in [0.15, 0.2) is 24.5 Å². The van der Waals surface area contributed by atoms with Crippen LogP contribution in [0.2, 0.25) is 0 Å². The van der Waals surface area contributed by atoms with Crippen LogP contribution in [0.1, 0.15) is 24.2 Å². The molecule has 1 unspecified atom stereocenters. The average molecular weight is 506 g/mol.